The van der Waals surface area contributed by atoms with Crippen LogP contribution in [-0.4, -0.2) is 10.1 Å². The van der Waals surface area contributed by atoms with Gasteiger partial charge in [0.25, 0.3) is 0 Å². The number of rotatable bonds is 3. The molecule has 0 aliphatic heterocycles. The van der Waals surface area contributed by atoms with Crippen molar-refractivity contribution in [1.82, 2.24) is 4.98 Å². The number of pyridine rings is 1. The van der Waals surface area contributed by atoms with Gasteiger partial charge in [-0.2, -0.15) is 0 Å². The van der Waals surface area contributed by atoms with Gasteiger partial charge in [0.05, 0.1) is 11.6 Å². The SMILES string of the molecule is OC(Cc1cc(F)cc(Br)c1)c1ccc2ncccc2c1. The monoisotopic (exact) mass is 345 g/mol. The van der Waals surface area contributed by atoms with Crippen molar-refractivity contribution in [1.29, 1.82) is 0 Å². The molecule has 0 bridgehead atoms. The van der Waals surface area contributed by atoms with Crippen LogP contribution < -0.4 is 0 Å². The first-order chi connectivity index (χ1) is 10.1. The van der Waals surface area contributed by atoms with Gasteiger partial charge in [0.2, 0.25) is 0 Å². The van der Waals surface area contributed by atoms with Gasteiger partial charge in [-0.25, -0.2) is 4.39 Å². The molecule has 0 aliphatic carbocycles. The molecule has 1 unspecified atom stereocenters. The van der Waals surface area contributed by atoms with Crippen molar-refractivity contribution in [3.8, 4) is 0 Å². The number of hydrogen-bond acceptors (Lipinski definition) is 2. The average molecular weight is 346 g/mol. The van der Waals surface area contributed by atoms with Crippen LogP contribution in [0.5, 0.6) is 0 Å². The van der Waals surface area contributed by atoms with Crippen molar-refractivity contribution >= 4 is 26.8 Å². The summed E-state index contributed by atoms with van der Waals surface area (Å²) in [6.07, 6.45) is 1.42. The number of benzene rings is 2. The van der Waals surface area contributed by atoms with Crippen LogP contribution in [0.2, 0.25) is 0 Å². The standard InChI is InChI=1S/C17H13BrFNO/c18-14-6-11(7-15(19)10-14)8-17(21)13-3-4-16-12(9-13)2-1-5-20-16/h1-7,9-10,17,21H,8H2. The molecule has 3 rings (SSSR count). The van der Waals surface area contributed by atoms with Crippen molar-refractivity contribution < 1.29 is 9.50 Å². The summed E-state index contributed by atoms with van der Waals surface area (Å²) in [5, 5.41) is 11.3. The fourth-order valence-electron chi connectivity index (χ4n) is 2.37. The van der Waals surface area contributed by atoms with Crippen molar-refractivity contribution in [2.75, 3.05) is 0 Å². The molecule has 4 heteroatoms. The maximum atomic E-state index is 13.4. The van der Waals surface area contributed by atoms with Crippen molar-refractivity contribution in [3.63, 3.8) is 0 Å². The van der Waals surface area contributed by atoms with E-state index in [9.17, 15) is 9.50 Å². The summed E-state index contributed by atoms with van der Waals surface area (Å²) in [7, 11) is 0. The summed E-state index contributed by atoms with van der Waals surface area (Å²) < 4.78 is 14.0. The summed E-state index contributed by atoms with van der Waals surface area (Å²) in [4.78, 5) is 4.25. The highest BCUT2D eigenvalue weighted by molar-refractivity contribution is 9.10. The molecule has 0 spiro atoms. The van der Waals surface area contributed by atoms with E-state index in [1.165, 1.54) is 12.1 Å². The van der Waals surface area contributed by atoms with E-state index in [2.05, 4.69) is 20.9 Å². The zero-order chi connectivity index (χ0) is 14.8. The van der Waals surface area contributed by atoms with Crippen LogP contribution in [0.25, 0.3) is 10.9 Å². The van der Waals surface area contributed by atoms with Crippen LogP contribution in [0.1, 0.15) is 17.2 Å². The van der Waals surface area contributed by atoms with Gasteiger partial charge in [-0.05, 0) is 47.5 Å². The molecule has 0 radical (unpaired) electrons. The molecule has 0 fully saturated rings. The predicted molar refractivity (Wildman–Crippen MR) is 84.5 cm³/mol. The molecule has 1 atom stereocenters. The lowest BCUT2D eigenvalue weighted by Gasteiger charge is -2.12. The number of nitrogens with zero attached hydrogens (tertiary/aromatic N) is 1. The molecule has 1 aromatic heterocycles. The Morgan fingerprint density at radius 3 is 2.81 bits per heavy atom. The number of fused-ring (bicyclic) bond motifs is 1. The van der Waals surface area contributed by atoms with Gasteiger partial charge in [0, 0.05) is 22.5 Å². The van der Waals surface area contributed by atoms with Gasteiger partial charge >= 0.3 is 0 Å². The van der Waals surface area contributed by atoms with Crippen molar-refractivity contribution in [2.45, 2.75) is 12.5 Å². The molecular weight excluding hydrogens is 333 g/mol. The lowest BCUT2D eigenvalue weighted by atomic mass is 10.00. The molecule has 2 aromatic carbocycles. The fraction of sp³-hybridized carbons (Fsp3) is 0.118. The minimum Gasteiger partial charge on any atom is -0.388 e. The number of halogens is 2. The van der Waals surface area contributed by atoms with Crippen LogP contribution in [0.15, 0.2) is 59.2 Å². The zero-order valence-corrected chi connectivity index (χ0v) is 12.7. The Morgan fingerprint density at radius 2 is 2.00 bits per heavy atom. The molecule has 1 heterocycles. The Balaban J connectivity index is 1.87. The summed E-state index contributed by atoms with van der Waals surface area (Å²) in [5.74, 6) is -0.311. The highest BCUT2D eigenvalue weighted by Gasteiger charge is 2.11. The number of hydrogen-bond donors (Lipinski definition) is 1. The molecule has 21 heavy (non-hydrogen) atoms. The van der Waals surface area contributed by atoms with Crippen LogP contribution in [0, 0.1) is 5.82 Å². The third kappa shape index (κ3) is 3.28. The first kappa shape index (κ1) is 14.2. The normalized spacial score (nSPS) is 12.5. The van der Waals surface area contributed by atoms with E-state index in [1.807, 2.05) is 36.4 Å². The van der Waals surface area contributed by atoms with E-state index < -0.39 is 6.10 Å². The fourth-order valence-corrected chi connectivity index (χ4v) is 2.88. The second-order valence-corrected chi connectivity index (χ2v) is 5.87. The quantitative estimate of drug-likeness (QED) is 0.762. The Kier molecular flexibility index (Phi) is 3.99. The van der Waals surface area contributed by atoms with Gasteiger partial charge in [0.1, 0.15) is 5.82 Å². The van der Waals surface area contributed by atoms with E-state index in [-0.39, 0.29) is 5.82 Å². The molecule has 0 aliphatic rings. The zero-order valence-electron chi connectivity index (χ0n) is 11.1. The van der Waals surface area contributed by atoms with Crippen LogP contribution in [-0.2, 0) is 6.42 Å². The summed E-state index contributed by atoms with van der Waals surface area (Å²) >= 11 is 3.26. The molecule has 2 nitrogen and oxygen atoms in total. The second kappa shape index (κ2) is 5.92. The van der Waals surface area contributed by atoms with Gasteiger partial charge < -0.3 is 5.11 Å². The third-order valence-electron chi connectivity index (χ3n) is 3.36. The lowest BCUT2D eigenvalue weighted by Crippen LogP contribution is -2.02. The first-order valence-electron chi connectivity index (χ1n) is 6.59. The Bertz CT molecular complexity index is 770. The number of aliphatic hydroxyl groups is 1. The Labute approximate surface area is 130 Å². The third-order valence-corrected chi connectivity index (χ3v) is 3.82. The second-order valence-electron chi connectivity index (χ2n) is 4.95. The predicted octanol–water partition coefficient (Wildman–Crippen LogP) is 4.41. The minimum atomic E-state index is -0.677. The molecule has 0 saturated carbocycles. The highest BCUT2D eigenvalue weighted by Crippen LogP contribution is 2.24. The Morgan fingerprint density at radius 1 is 1.14 bits per heavy atom. The van der Waals surface area contributed by atoms with Crippen LogP contribution in [0.4, 0.5) is 4.39 Å². The molecular formula is C17H13BrFNO. The summed E-state index contributed by atoms with van der Waals surface area (Å²) in [6.45, 7) is 0. The van der Waals surface area contributed by atoms with Crippen LogP contribution >= 0.6 is 15.9 Å². The highest BCUT2D eigenvalue weighted by atomic mass is 79.9. The molecule has 0 amide bonds. The largest absolute Gasteiger partial charge is 0.388 e. The Hall–Kier alpha value is -1.78. The number of aliphatic hydroxyl groups excluding tert-OH is 1. The van der Waals surface area contributed by atoms with Gasteiger partial charge in [-0.1, -0.05) is 28.1 Å². The van der Waals surface area contributed by atoms with E-state index in [1.54, 1.807) is 6.20 Å². The topological polar surface area (TPSA) is 33.1 Å². The first-order valence-corrected chi connectivity index (χ1v) is 7.39. The smallest absolute Gasteiger partial charge is 0.124 e. The molecule has 3 aromatic rings. The molecule has 106 valence electrons. The maximum absolute atomic E-state index is 13.4. The maximum Gasteiger partial charge on any atom is 0.124 e. The van der Waals surface area contributed by atoms with E-state index in [0.29, 0.717) is 10.9 Å². The minimum absolute atomic E-state index is 0.311. The number of aromatic nitrogens is 1. The van der Waals surface area contributed by atoms with E-state index in [0.717, 1.165) is 22.0 Å². The van der Waals surface area contributed by atoms with Gasteiger partial charge in [0.15, 0.2) is 0 Å². The lowest BCUT2D eigenvalue weighted by molar-refractivity contribution is 0.178. The van der Waals surface area contributed by atoms with Crippen LogP contribution in [0.3, 0.4) is 0 Å². The van der Waals surface area contributed by atoms with Crippen molar-refractivity contribution in [3.05, 3.63) is 76.1 Å². The van der Waals surface area contributed by atoms with Gasteiger partial charge in [-0.3, -0.25) is 4.98 Å². The molecule has 1 N–H and O–H groups in total. The van der Waals surface area contributed by atoms with E-state index >= 15 is 0 Å². The summed E-state index contributed by atoms with van der Waals surface area (Å²) in [5.41, 5.74) is 2.44. The molecule has 0 saturated heterocycles. The average Bonchev–Trinajstić information content (AvgIpc) is 2.45. The van der Waals surface area contributed by atoms with Crippen molar-refractivity contribution in [2.24, 2.45) is 0 Å². The summed E-state index contributed by atoms with van der Waals surface area (Å²) in [6, 6.07) is 14.1. The van der Waals surface area contributed by atoms with E-state index in [4.69, 9.17) is 0 Å². The van der Waals surface area contributed by atoms with Gasteiger partial charge in [-0.15, -0.1) is 0 Å².